The van der Waals surface area contributed by atoms with E-state index in [-0.39, 0.29) is 11.8 Å². The monoisotopic (exact) mass is 241 g/mol. The lowest BCUT2D eigenvalue weighted by atomic mass is 10.2. The van der Waals surface area contributed by atoms with E-state index in [0.29, 0.717) is 19.0 Å². The van der Waals surface area contributed by atoms with E-state index in [1.807, 2.05) is 11.8 Å². The molecule has 1 rings (SSSR count). The van der Waals surface area contributed by atoms with Crippen molar-refractivity contribution in [3.05, 3.63) is 0 Å². The molecule has 0 radical (unpaired) electrons. The number of unbranched alkanes of at least 4 members (excludes halogenated alkanes) is 1. The molecule has 1 aliphatic carbocycles. The number of nitrogens with one attached hydrogen (secondary N) is 1. The highest BCUT2D eigenvalue weighted by molar-refractivity contribution is 5.78. The Morgan fingerprint density at radius 2 is 2.06 bits per heavy atom. The van der Waals surface area contributed by atoms with Gasteiger partial charge in [0, 0.05) is 19.0 Å². The van der Waals surface area contributed by atoms with Gasteiger partial charge in [-0.25, -0.2) is 0 Å². The Hall–Kier alpha value is -1.10. The molecule has 3 N–H and O–H groups in total. The summed E-state index contributed by atoms with van der Waals surface area (Å²) in [6, 6.07) is 0.490. The first-order valence-electron chi connectivity index (χ1n) is 6.43. The largest absolute Gasteiger partial charge is 0.370 e. The van der Waals surface area contributed by atoms with E-state index >= 15 is 0 Å². The number of carbonyl (C=O) groups excluding carboxylic acids is 2. The van der Waals surface area contributed by atoms with Crippen LogP contribution >= 0.6 is 0 Å². The molecule has 0 aromatic heterocycles. The van der Waals surface area contributed by atoms with Gasteiger partial charge >= 0.3 is 0 Å². The van der Waals surface area contributed by atoms with Crippen molar-refractivity contribution in [1.82, 2.24) is 10.2 Å². The summed E-state index contributed by atoms with van der Waals surface area (Å²) in [5.74, 6) is -0.0723. The highest BCUT2D eigenvalue weighted by Gasteiger charge is 2.30. The Labute approximate surface area is 103 Å². The summed E-state index contributed by atoms with van der Waals surface area (Å²) in [7, 11) is 0. The molecule has 0 saturated heterocycles. The van der Waals surface area contributed by atoms with E-state index in [1.54, 1.807) is 0 Å². The van der Waals surface area contributed by atoms with Gasteiger partial charge in [-0.05, 0) is 39.2 Å². The first-order valence-corrected chi connectivity index (χ1v) is 6.43. The van der Waals surface area contributed by atoms with Crippen molar-refractivity contribution in [3.63, 3.8) is 0 Å². The molecular formula is C12H23N3O2. The molecule has 5 heteroatoms. The topological polar surface area (TPSA) is 75.4 Å². The van der Waals surface area contributed by atoms with Gasteiger partial charge in [0.15, 0.2) is 0 Å². The lowest BCUT2D eigenvalue weighted by molar-refractivity contribution is -0.130. The molecule has 2 amide bonds. The fourth-order valence-electron chi connectivity index (χ4n) is 1.87. The molecule has 0 bridgehead atoms. The Kier molecular flexibility index (Phi) is 5.97. The third-order valence-electron chi connectivity index (χ3n) is 2.95. The second-order valence-electron chi connectivity index (χ2n) is 4.51. The molecule has 1 saturated carbocycles. The van der Waals surface area contributed by atoms with Crippen LogP contribution in [0.3, 0.4) is 0 Å². The van der Waals surface area contributed by atoms with Gasteiger partial charge in [-0.1, -0.05) is 0 Å². The molecule has 0 atom stereocenters. The molecule has 1 aliphatic rings. The Morgan fingerprint density at radius 1 is 1.35 bits per heavy atom. The van der Waals surface area contributed by atoms with E-state index in [1.165, 1.54) is 0 Å². The minimum absolute atomic E-state index is 0.185. The van der Waals surface area contributed by atoms with Gasteiger partial charge in [0.1, 0.15) is 0 Å². The SMILES string of the molecule is CCN(C(=O)CNCCCCC(N)=O)C1CC1. The van der Waals surface area contributed by atoms with Crippen molar-refractivity contribution in [1.29, 1.82) is 0 Å². The minimum atomic E-state index is -0.257. The molecule has 0 aromatic rings. The third-order valence-corrected chi connectivity index (χ3v) is 2.95. The molecule has 0 aliphatic heterocycles. The molecule has 0 aromatic carbocycles. The number of hydrogen-bond donors (Lipinski definition) is 2. The summed E-state index contributed by atoms with van der Waals surface area (Å²) in [5.41, 5.74) is 5.03. The Bertz CT molecular complexity index is 264. The van der Waals surface area contributed by atoms with E-state index in [4.69, 9.17) is 5.73 Å². The van der Waals surface area contributed by atoms with Gasteiger partial charge in [-0.2, -0.15) is 0 Å². The maximum atomic E-state index is 11.8. The van der Waals surface area contributed by atoms with Gasteiger partial charge in [0.25, 0.3) is 0 Å². The Morgan fingerprint density at radius 3 is 2.59 bits per heavy atom. The number of carbonyl (C=O) groups is 2. The first kappa shape index (κ1) is 14.0. The number of primary amides is 1. The van der Waals surface area contributed by atoms with Crippen LogP contribution in [0.15, 0.2) is 0 Å². The fraction of sp³-hybridized carbons (Fsp3) is 0.833. The van der Waals surface area contributed by atoms with Crippen LogP contribution in [0.4, 0.5) is 0 Å². The second kappa shape index (κ2) is 7.27. The van der Waals surface area contributed by atoms with Gasteiger partial charge in [0.05, 0.1) is 6.54 Å². The van der Waals surface area contributed by atoms with Gasteiger partial charge in [-0.15, -0.1) is 0 Å². The lowest BCUT2D eigenvalue weighted by Gasteiger charge is -2.20. The van der Waals surface area contributed by atoms with E-state index < -0.39 is 0 Å². The average Bonchev–Trinajstić information content (AvgIpc) is 3.08. The predicted molar refractivity (Wildman–Crippen MR) is 66.3 cm³/mol. The molecule has 5 nitrogen and oxygen atoms in total. The highest BCUT2D eigenvalue weighted by Crippen LogP contribution is 2.26. The number of amides is 2. The molecule has 98 valence electrons. The van der Waals surface area contributed by atoms with E-state index in [2.05, 4.69) is 5.32 Å². The quantitative estimate of drug-likeness (QED) is 0.568. The summed E-state index contributed by atoms with van der Waals surface area (Å²) in [6.07, 6.45) is 4.40. The zero-order valence-electron chi connectivity index (χ0n) is 10.6. The van der Waals surface area contributed by atoms with Crippen molar-refractivity contribution in [2.24, 2.45) is 5.73 Å². The van der Waals surface area contributed by atoms with Gasteiger partial charge in [0.2, 0.25) is 11.8 Å². The fourth-order valence-corrected chi connectivity index (χ4v) is 1.87. The van der Waals surface area contributed by atoms with Crippen LogP contribution in [0.1, 0.15) is 39.0 Å². The summed E-state index contributed by atoms with van der Waals surface area (Å²) in [6.45, 7) is 3.98. The molecule has 0 unspecified atom stereocenters. The molecule has 17 heavy (non-hydrogen) atoms. The highest BCUT2D eigenvalue weighted by atomic mass is 16.2. The van der Waals surface area contributed by atoms with Crippen LogP contribution in [-0.4, -0.2) is 42.4 Å². The lowest BCUT2D eigenvalue weighted by Crippen LogP contribution is -2.39. The van der Waals surface area contributed by atoms with Crippen LogP contribution in [0.5, 0.6) is 0 Å². The van der Waals surface area contributed by atoms with Crippen molar-refractivity contribution < 1.29 is 9.59 Å². The summed E-state index contributed by atoms with van der Waals surface area (Å²) in [5, 5.41) is 3.11. The third kappa shape index (κ3) is 5.68. The maximum absolute atomic E-state index is 11.8. The molecule has 0 heterocycles. The van der Waals surface area contributed by atoms with Crippen LogP contribution in [0, 0.1) is 0 Å². The van der Waals surface area contributed by atoms with Crippen molar-refractivity contribution in [3.8, 4) is 0 Å². The molecule has 0 spiro atoms. The number of nitrogens with zero attached hydrogens (tertiary/aromatic N) is 1. The van der Waals surface area contributed by atoms with Crippen LogP contribution in [0.25, 0.3) is 0 Å². The van der Waals surface area contributed by atoms with Gasteiger partial charge in [-0.3, -0.25) is 9.59 Å². The zero-order chi connectivity index (χ0) is 12.7. The summed E-state index contributed by atoms with van der Waals surface area (Å²) in [4.78, 5) is 24.2. The number of hydrogen-bond acceptors (Lipinski definition) is 3. The summed E-state index contributed by atoms with van der Waals surface area (Å²) < 4.78 is 0. The standard InChI is InChI=1S/C12H23N3O2/c1-2-15(10-6-7-10)12(17)9-14-8-4-3-5-11(13)16/h10,14H,2-9H2,1H3,(H2,13,16). The van der Waals surface area contributed by atoms with Crippen LogP contribution < -0.4 is 11.1 Å². The maximum Gasteiger partial charge on any atom is 0.236 e. The van der Waals surface area contributed by atoms with Gasteiger partial charge < -0.3 is 16.0 Å². The smallest absolute Gasteiger partial charge is 0.236 e. The first-order chi connectivity index (χ1) is 8.15. The van der Waals surface area contributed by atoms with E-state index in [0.717, 1.165) is 38.8 Å². The molecular weight excluding hydrogens is 218 g/mol. The normalized spacial score (nSPS) is 14.6. The number of likely N-dealkylation sites (N-methyl/N-ethyl adjacent to an activating group) is 1. The second-order valence-corrected chi connectivity index (χ2v) is 4.51. The number of rotatable bonds is 9. The average molecular weight is 241 g/mol. The number of nitrogens with two attached hydrogens (primary N) is 1. The van der Waals surface area contributed by atoms with Crippen LogP contribution in [-0.2, 0) is 9.59 Å². The van der Waals surface area contributed by atoms with E-state index in [9.17, 15) is 9.59 Å². The zero-order valence-corrected chi connectivity index (χ0v) is 10.6. The predicted octanol–water partition coefficient (Wildman–Crippen LogP) is 0.243. The van der Waals surface area contributed by atoms with Crippen molar-refractivity contribution >= 4 is 11.8 Å². The molecule has 1 fully saturated rings. The van der Waals surface area contributed by atoms with Crippen LogP contribution in [0.2, 0.25) is 0 Å². The Balaban J connectivity index is 2.01. The summed E-state index contributed by atoms with van der Waals surface area (Å²) >= 11 is 0. The van der Waals surface area contributed by atoms with Crippen molar-refractivity contribution in [2.75, 3.05) is 19.6 Å². The van der Waals surface area contributed by atoms with Crippen molar-refractivity contribution in [2.45, 2.75) is 45.1 Å². The minimum Gasteiger partial charge on any atom is -0.370 e.